The molecule has 1 aliphatic rings. The first-order valence-electron chi connectivity index (χ1n) is 3.54. The van der Waals surface area contributed by atoms with Gasteiger partial charge in [-0.3, -0.25) is 0 Å². The van der Waals surface area contributed by atoms with Gasteiger partial charge in [0.15, 0.2) is 0 Å². The molecule has 0 aromatic carbocycles. The van der Waals surface area contributed by atoms with Crippen molar-refractivity contribution in [1.29, 1.82) is 0 Å². The first-order chi connectivity index (χ1) is 5.77. The summed E-state index contributed by atoms with van der Waals surface area (Å²) in [5.74, 6) is 0. The second-order valence-electron chi connectivity index (χ2n) is 2.67. The van der Waals surface area contributed by atoms with E-state index >= 15 is 0 Å². The number of rotatable bonds is 2. The third-order valence-corrected chi connectivity index (χ3v) is 1.87. The zero-order chi connectivity index (χ0) is 8.97. The molecule has 0 spiro atoms. The highest BCUT2D eigenvalue weighted by Crippen LogP contribution is 2.25. The molecule has 0 amide bonds. The van der Waals surface area contributed by atoms with E-state index in [1.807, 2.05) is 0 Å². The smallest absolute Gasteiger partial charge is 0.0548 e. The van der Waals surface area contributed by atoms with E-state index in [9.17, 15) is 0 Å². The minimum atomic E-state index is -0.518. The Morgan fingerprint density at radius 3 is 1.83 bits per heavy atom. The molecular formula is C5H8N6O. The second kappa shape index (κ2) is 3.82. The van der Waals surface area contributed by atoms with E-state index in [0.29, 0.717) is 12.8 Å². The number of nitrogens with zero attached hydrogens (tertiary/aromatic N) is 6. The third kappa shape index (κ3) is 1.79. The Balaban J connectivity index is 2.71. The van der Waals surface area contributed by atoms with E-state index in [1.165, 1.54) is 0 Å². The van der Waals surface area contributed by atoms with Gasteiger partial charge in [0.25, 0.3) is 0 Å². The molecule has 1 saturated carbocycles. The fourth-order valence-corrected chi connectivity index (χ4v) is 1.35. The Morgan fingerprint density at radius 1 is 1.08 bits per heavy atom. The predicted octanol–water partition coefficient (Wildman–Crippen LogP) is 1.50. The van der Waals surface area contributed by atoms with Crippen molar-refractivity contribution >= 4 is 0 Å². The van der Waals surface area contributed by atoms with Crippen molar-refractivity contribution < 1.29 is 5.11 Å². The Morgan fingerprint density at radius 2 is 1.50 bits per heavy atom. The quantitative estimate of drug-likeness (QED) is 0.375. The van der Waals surface area contributed by atoms with Crippen LogP contribution in [-0.4, -0.2) is 23.3 Å². The van der Waals surface area contributed by atoms with Gasteiger partial charge in [0.2, 0.25) is 0 Å². The summed E-state index contributed by atoms with van der Waals surface area (Å²) in [6.07, 6.45) is 0.248. The van der Waals surface area contributed by atoms with Crippen LogP contribution in [0.25, 0.3) is 20.9 Å². The molecule has 0 aromatic heterocycles. The molecule has 0 aliphatic heterocycles. The van der Waals surface area contributed by atoms with Gasteiger partial charge in [-0.05, 0) is 23.9 Å². The van der Waals surface area contributed by atoms with Crippen LogP contribution in [-0.2, 0) is 0 Å². The van der Waals surface area contributed by atoms with Crippen LogP contribution >= 0.6 is 0 Å². The molecule has 0 saturated heterocycles. The van der Waals surface area contributed by atoms with Crippen molar-refractivity contribution in [3.8, 4) is 0 Å². The lowest BCUT2D eigenvalue weighted by molar-refractivity contribution is 0.180. The molecule has 0 unspecified atom stereocenters. The highest BCUT2D eigenvalue weighted by atomic mass is 16.3. The summed E-state index contributed by atoms with van der Waals surface area (Å²) in [6, 6.07) is -0.776. The van der Waals surface area contributed by atoms with Crippen LogP contribution in [0.4, 0.5) is 0 Å². The van der Waals surface area contributed by atoms with Crippen molar-refractivity contribution in [2.24, 2.45) is 10.2 Å². The number of aliphatic hydroxyl groups is 1. The zero-order valence-corrected chi connectivity index (χ0v) is 6.28. The van der Waals surface area contributed by atoms with Crippen LogP contribution < -0.4 is 0 Å². The maximum atomic E-state index is 9.16. The van der Waals surface area contributed by atoms with Crippen LogP contribution in [0.2, 0.25) is 0 Å². The normalized spacial score (nSPS) is 33.6. The van der Waals surface area contributed by atoms with Crippen molar-refractivity contribution in [2.45, 2.75) is 31.0 Å². The van der Waals surface area contributed by atoms with Gasteiger partial charge in [0, 0.05) is 21.9 Å². The molecule has 1 aliphatic carbocycles. The lowest BCUT2D eigenvalue weighted by atomic mass is 10.2. The first-order valence-corrected chi connectivity index (χ1v) is 3.54. The fraction of sp³-hybridized carbons (Fsp3) is 1.00. The number of azide groups is 2. The molecule has 0 bridgehead atoms. The van der Waals surface area contributed by atoms with Gasteiger partial charge in [-0.1, -0.05) is 10.2 Å². The SMILES string of the molecule is [N-]=[N+]=N[C@@H]1CC(O)C[C@H]1N=[N+]=[N-]. The summed E-state index contributed by atoms with van der Waals surface area (Å²) in [7, 11) is 0. The number of hydrogen-bond acceptors (Lipinski definition) is 3. The van der Waals surface area contributed by atoms with Gasteiger partial charge in [-0.25, -0.2) is 0 Å². The van der Waals surface area contributed by atoms with Crippen LogP contribution in [0.5, 0.6) is 0 Å². The maximum absolute atomic E-state index is 9.16. The van der Waals surface area contributed by atoms with Gasteiger partial charge < -0.3 is 5.11 Å². The average molecular weight is 168 g/mol. The summed E-state index contributed by atoms with van der Waals surface area (Å²) >= 11 is 0. The van der Waals surface area contributed by atoms with Crippen LogP contribution in [0.3, 0.4) is 0 Å². The van der Waals surface area contributed by atoms with Gasteiger partial charge in [0.05, 0.1) is 6.10 Å². The summed E-state index contributed by atoms with van der Waals surface area (Å²) in [5.41, 5.74) is 16.3. The van der Waals surface area contributed by atoms with E-state index in [-0.39, 0.29) is 12.1 Å². The molecule has 0 aromatic rings. The Bertz CT molecular complexity index is 227. The van der Waals surface area contributed by atoms with Crippen LogP contribution in [0.1, 0.15) is 12.8 Å². The second-order valence-corrected chi connectivity index (χ2v) is 2.67. The lowest BCUT2D eigenvalue weighted by Crippen LogP contribution is -2.12. The Kier molecular flexibility index (Phi) is 2.76. The minimum absolute atomic E-state index is 0.383. The molecule has 2 atom stereocenters. The third-order valence-electron chi connectivity index (χ3n) is 1.87. The van der Waals surface area contributed by atoms with E-state index in [1.54, 1.807) is 0 Å². The average Bonchev–Trinajstić information content (AvgIpc) is 2.33. The number of hydrogen-bond donors (Lipinski definition) is 1. The van der Waals surface area contributed by atoms with E-state index < -0.39 is 6.10 Å². The molecule has 1 rings (SSSR count). The Labute approximate surface area is 68.3 Å². The van der Waals surface area contributed by atoms with E-state index in [0.717, 1.165) is 0 Å². The molecule has 1 N–H and O–H groups in total. The fourth-order valence-electron chi connectivity index (χ4n) is 1.35. The molecule has 7 heteroatoms. The topological polar surface area (TPSA) is 118 Å². The van der Waals surface area contributed by atoms with E-state index in [4.69, 9.17) is 16.2 Å². The number of aliphatic hydroxyl groups excluding tert-OH is 1. The minimum Gasteiger partial charge on any atom is -0.393 e. The molecular weight excluding hydrogens is 160 g/mol. The monoisotopic (exact) mass is 168 g/mol. The highest BCUT2D eigenvalue weighted by Gasteiger charge is 2.31. The van der Waals surface area contributed by atoms with Crippen molar-refractivity contribution in [3.63, 3.8) is 0 Å². The van der Waals surface area contributed by atoms with Crippen LogP contribution in [0.15, 0.2) is 10.2 Å². The molecule has 12 heavy (non-hydrogen) atoms. The lowest BCUT2D eigenvalue weighted by Gasteiger charge is -2.04. The van der Waals surface area contributed by atoms with Gasteiger partial charge in [0.1, 0.15) is 0 Å². The largest absolute Gasteiger partial charge is 0.393 e. The van der Waals surface area contributed by atoms with Crippen molar-refractivity contribution in [3.05, 3.63) is 20.9 Å². The summed E-state index contributed by atoms with van der Waals surface area (Å²) in [4.78, 5) is 5.23. The molecule has 0 radical (unpaired) electrons. The van der Waals surface area contributed by atoms with Gasteiger partial charge >= 0.3 is 0 Å². The van der Waals surface area contributed by atoms with Gasteiger partial charge in [-0.15, -0.1) is 0 Å². The summed E-state index contributed by atoms with van der Waals surface area (Å²) < 4.78 is 0. The van der Waals surface area contributed by atoms with Gasteiger partial charge in [-0.2, -0.15) is 0 Å². The van der Waals surface area contributed by atoms with Crippen molar-refractivity contribution in [1.82, 2.24) is 0 Å². The molecule has 7 nitrogen and oxygen atoms in total. The predicted molar refractivity (Wildman–Crippen MR) is 41.1 cm³/mol. The Hall–Kier alpha value is -1.42. The molecule has 1 fully saturated rings. The van der Waals surface area contributed by atoms with E-state index in [2.05, 4.69) is 20.1 Å². The standard InChI is InChI=1S/C5H8N6O/c6-10-8-4-1-3(12)2-5(4)9-11-7/h3-5,12H,1-2H2/t4-,5-/m1/s1. The maximum Gasteiger partial charge on any atom is 0.0548 e. The zero-order valence-electron chi connectivity index (χ0n) is 6.28. The summed E-state index contributed by atoms with van der Waals surface area (Å²) in [6.45, 7) is 0. The van der Waals surface area contributed by atoms with Crippen molar-refractivity contribution in [2.75, 3.05) is 0 Å². The van der Waals surface area contributed by atoms with Crippen LogP contribution in [0, 0.1) is 0 Å². The summed E-state index contributed by atoms with van der Waals surface area (Å²) in [5, 5.41) is 16.0. The molecule has 0 heterocycles. The first kappa shape index (κ1) is 8.67. The highest BCUT2D eigenvalue weighted by molar-refractivity contribution is 4.93. The molecule has 64 valence electrons.